The molecule has 1 aliphatic rings. The molecule has 4 nitrogen and oxygen atoms in total. The number of ether oxygens (including phenoxy) is 1. The van der Waals surface area contributed by atoms with Gasteiger partial charge in [0.1, 0.15) is 5.75 Å². The van der Waals surface area contributed by atoms with Gasteiger partial charge in [0.05, 0.1) is 11.5 Å². The second kappa shape index (κ2) is 6.24. The van der Waals surface area contributed by atoms with Gasteiger partial charge in [-0.25, -0.2) is 0 Å². The molecule has 5 heteroatoms. The van der Waals surface area contributed by atoms with Crippen molar-refractivity contribution in [1.29, 1.82) is 0 Å². The number of hydrogen-bond acceptors (Lipinski definition) is 4. The number of allylic oxidation sites excluding steroid dienone is 2. The summed E-state index contributed by atoms with van der Waals surface area (Å²) in [6.07, 6.45) is 5.20. The van der Waals surface area contributed by atoms with E-state index in [2.05, 4.69) is 5.32 Å². The monoisotopic (exact) mass is 275 g/mol. The minimum atomic E-state index is -0.349. The number of nitrogens with one attached hydrogen (secondary N) is 1. The van der Waals surface area contributed by atoms with Crippen LogP contribution >= 0.6 is 11.8 Å². The number of benzene rings is 1. The zero-order valence-corrected chi connectivity index (χ0v) is 11.2. The Labute approximate surface area is 115 Å². The Balaban J connectivity index is 2.13. The first kappa shape index (κ1) is 13.4. The highest BCUT2D eigenvalue weighted by Crippen LogP contribution is 2.24. The van der Waals surface area contributed by atoms with Crippen molar-refractivity contribution in [2.45, 2.75) is 6.92 Å². The molecule has 0 aromatic heterocycles. The number of amides is 2. The minimum Gasteiger partial charge on any atom is -0.493 e. The quantitative estimate of drug-likeness (QED) is 0.858. The van der Waals surface area contributed by atoms with E-state index in [1.807, 2.05) is 37.3 Å². The van der Waals surface area contributed by atoms with Crippen molar-refractivity contribution >= 4 is 29.0 Å². The van der Waals surface area contributed by atoms with Gasteiger partial charge >= 0.3 is 0 Å². The maximum Gasteiger partial charge on any atom is 0.290 e. The van der Waals surface area contributed by atoms with E-state index in [1.54, 1.807) is 12.2 Å². The van der Waals surface area contributed by atoms with E-state index < -0.39 is 0 Å². The van der Waals surface area contributed by atoms with Crippen molar-refractivity contribution in [3.05, 3.63) is 46.9 Å². The first-order chi connectivity index (χ1) is 9.20. The van der Waals surface area contributed by atoms with Crippen molar-refractivity contribution in [2.24, 2.45) is 0 Å². The van der Waals surface area contributed by atoms with Gasteiger partial charge in [0.15, 0.2) is 0 Å². The maximum absolute atomic E-state index is 11.3. The number of rotatable bonds is 4. The molecule has 19 heavy (non-hydrogen) atoms. The molecule has 1 N–H and O–H groups in total. The van der Waals surface area contributed by atoms with Gasteiger partial charge in [-0.3, -0.25) is 14.9 Å². The maximum atomic E-state index is 11.3. The Morgan fingerprint density at radius 1 is 1.32 bits per heavy atom. The Morgan fingerprint density at radius 2 is 2.11 bits per heavy atom. The lowest BCUT2D eigenvalue weighted by Crippen LogP contribution is -2.17. The van der Waals surface area contributed by atoms with Gasteiger partial charge in [0.25, 0.3) is 11.1 Å². The summed E-state index contributed by atoms with van der Waals surface area (Å²) >= 11 is 0.902. The SMILES string of the molecule is CCOc1ccccc1C=CC=C1SC(=O)NC1=O. The molecule has 0 bridgehead atoms. The molecular weight excluding hydrogens is 262 g/mol. The van der Waals surface area contributed by atoms with Crippen LogP contribution in [0, 0.1) is 0 Å². The van der Waals surface area contributed by atoms with Crippen LogP contribution in [0.1, 0.15) is 12.5 Å². The van der Waals surface area contributed by atoms with E-state index in [1.165, 1.54) is 0 Å². The van der Waals surface area contributed by atoms with Crippen LogP contribution < -0.4 is 10.1 Å². The predicted octanol–water partition coefficient (Wildman–Crippen LogP) is 2.97. The van der Waals surface area contributed by atoms with Crippen LogP contribution in [0.5, 0.6) is 5.75 Å². The summed E-state index contributed by atoms with van der Waals surface area (Å²) in [5.41, 5.74) is 0.927. The number of thioether (sulfide) groups is 1. The van der Waals surface area contributed by atoms with E-state index >= 15 is 0 Å². The molecule has 0 aliphatic carbocycles. The molecular formula is C14H13NO3S. The zero-order chi connectivity index (χ0) is 13.7. The average Bonchev–Trinajstić information content (AvgIpc) is 2.70. The van der Waals surface area contributed by atoms with Gasteiger partial charge in [-0.05, 0) is 30.8 Å². The van der Waals surface area contributed by atoms with Crippen LogP contribution in [0.15, 0.2) is 41.3 Å². The van der Waals surface area contributed by atoms with Gasteiger partial charge in [-0.1, -0.05) is 30.4 Å². The highest BCUT2D eigenvalue weighted by Gasteiger charge is 2.24. The summed E-state index contributed by atoms with van der Waals surface area (Å²) in [4.78, 5) is 22.7. The van der Waals surface area contributed by atoms with Crippen molar-refractivity contribution in [1.82, 2.24) is 5.32 Å². The summed E-state index contributed by atoms with van der Waals surface area (Å²) in [5, 5.41) is 1.87. The first-order valence-corrected chi connectivity index (χ1v) is 6.65. The van der Waals surface area contributed by atoms with Crippen molar-refractivity contribution in [3.8, 4) is 5.75 Å². The molecule has 98 valence electrons. The van der Waals surface area contributed by atoms with Crippen molar-refractivity contribution < 1.29 is 14.3 Å². The Hall–Kier alpha value is -2.01. The van der Waals surface area contributed by atoms with Crippen LogP contribution in [0.25, 0.3) is 6.08 Å². The molecule has 1 aliphatic heterocycles. The third kappa shape index (κ3) is 3.48. The van der Waals surface area contributed by atoms with E-state index in [0.29, 0.717) is 11.5 Å². The smallest absolute Gasteiger partial charge is 0.290 e. The standard InChI is InChI=1S/C14H13NO3S/c1-2-18-11-8-4-3-6-10(11)7-5-9-12-13(16)15-14(17)19-12/h3-9H,2H2,1H3,(H,15,16,17). The fourth-order valence-electron chi connectivity index (χ4n) is 1.58. The molecule has 0 radical (unpaired) electrons. The summed E-state index contributed by atoms with van der Waals surface area (Å²) in [5.74, 6) is 0.442. The van der Waals surface area contributed by atoms with E-state index in [9.17, 15) is 9.59 Å². The van der Waals surface area contributed by atoms with Crippen molar-refractivity contribution in [3.63, 3.8) is 0 Å². The van der Waals surface area contributed by atoms with E-state index in [0.717, 1.165) is 23.1 Å². The number of imide groups is 1. The topological polar surface area (TPSA) is 55.4 Å². The Bertz CT molecular complexity index is 564. The molecule has 0 saturated carbocycles. The average molecular weight is 275 g/mol. The van der Waals surface area contributed by atoms with Crippen LogP contribution in [0.4, 0.5) is 4.79 Å². The van der Waals surface area contributed by atoms with Gasteiger partial charge in [0, 0.05) is 5.56 Å². The molecule has 2 rings (SSSR count). The highest BCUT2D eigenvalue weighted by atomic mass is 32.2. The van der Waals surface area contributed by atoms with Gasteiger partial charge in [-0.15, -0.1) is 0 Å². The molecule has 2 amide bonds. The fourth-order valence-corrected chi connectivity index (χ4v) is 2.21. The molecule has 0 atom stereocenters. The summed E-state index contributed by atoms with van der Waals surface area (Å²) in [6, 6.07) is 7.62. The summed E-state index contributed by atoms with van der Waals surface area (Å²) in [6.45, 7) is 2.52. The van der Waals surface area contributed by atoms with Crippen LogP contribution in [-0.2, 0) is 4.79 Å². The van der Waals surface area contributed by atoms with E-state index in [-0.39, 0.29) is 11.1 Å². The Morgan fingerprint density at radius 3 is 2.79 bits per heavy atom. The number of carbonyl (C=O) groups excluding carboxylic acids is 2. The zero-order valence-electron chi connectivity index (χ0n) is 10.4. The minimum absolute atomic E-state index is 0.334. The van der Waals surface area contributed by atoms with Crippen molar-refractivity contribution in [2.75, 3.05) is 6.61 Å². The second-order valence-corrected chi connectivity index (χ2v) is 4.72. The number of hydrogen-bond donors (Lipinski definition) is 1. The molecule has 1 aromatic carbocycles. The lowest BCUT2D eigenvalue weighted by Gasteiger charge is -2.05. The molecule has 1 fully saturated rings. The lowest BCUT2D eigenvalue weighted by molar-refractivity contribution is -0.115. The predicted molar refractivity (Wildman–Crippen MR) is 75.9 cm³/mol. The molecule has 0 unspecified atom stereocenters. The van der Waals surface area contributed by atoms with E-state index in [4.69, 9.17) is 4.74 Å². The molecule has 1 aromatic rings. The number of carbonyl (C=O) groups is 2. The summed E-state index contributed by atoms with van der Waals surface area (Å²) < 4.78 is 5.49. The normalized spacial score (nSPS) is 17.2. The van der Waals surface area contributed by atoms with Gasteiger partial charge in [0.2, 0.25) is 0 Å². The van der Waals surface area contributed by atoms with Crippen LogP contribution in [-0.4, -0.2) is 17.8 Å². The largest absolute Gasteiger partial charge is 0.493 e. The Kier molecular flexibility index (Phi) is 4.41. The van der Waals surface area contributed by atoms with Gasteiger partial charge < -0.3 is 4.74 Å². The highest BCUT2D eigenvalue weighted by molar-refractivity contribution is 8.18. The van der Waals surface area contributed by atoms with Gasteiger partial charge in [-0.2, -0.15) is 0 Å². The summed E-state index contributed by atoms with van der Waals surface area (Å²) in [7, 11) is 0. The first-order valence-electron chi connectivity index (χ1n) is 5.84. The van der Waals surface area contributed by atoms with Crippen LogP contribution in [0.2, 0.25) is 0 Å². The molecule has 1 heterocycles. The molecule has 0 spiro atoms. The number of para-hydroxylation sites is 1. The third-order valence-electron chi connectivity index (χ3n) is 2.38. The fraction of sp³-hybridized carbons (Fsp3) is 0.143. The lowest BCUT2D eigenvalue weighted by atomic mass is 10.2. The molecule has 1 saturated heterocycles. The second-order valence-electron chi connectivity index (χ2n) is 3.70. The third-order valence-corrected chi connectivity index (χ3v) is 3.21. The van der Waals surface area contributed by atoms with Crippen LogP contribution in [0.3, 0.4) is 0 Å².